The Hall–Kier alpha value is -2.62. The third kappa shape index (κ3) is 4.46. The van der Waals surface area contributed by atoms with Gasteiger partial charge in [0.05, 0.1) is 27.4 Å². The van der Waals surface area contributed by atoms with Gasteiger partial charge in [0.2, 0.25) is 10.0 Å². The minimum Gasteiger partial charge on any atom is -0.337 e. The zero-order valence-electron chi connectivity index (χ0n) is 18.7. The van der Waals surface area contributed by atoms with Crippen molar-refractivity contribution in [3.63, 3.8) is 0 Å². The molecule has 1 N–H and O–H groups in total. The van der Waals surface area contributed by atoms with Crippen molar-refractivity contribution >= 4 is 32.8 Å². The Morgan fingerprint density at radius 2 is 1.84 bits per heavy atom. The first-order chi connectivity index (χ1) is 15.3. The van der Waals surface area contributed by atoms with E-state index in [-0.39, 0.29) is 4.90 Å². The van der Waals surface area contributed by atoms with Gasteiger partial charge in [0.1, 0.15) is 5.82 Å². The van der Waals surface area contributed by atoms with Crippen molar-refractivity contribution in [1.29, 1.82) is 0 Å². The second kappa shape index (κ2) is 9.09. The number of aromatic nitrogens is 4. The molecule has 0 amide bonds. The molecule has 7 nitrogen and oxygen atoms in total. The Balaban J connectivity index is 1.56. The van der Waals surface area contributed by atoms with E-state index in [0.717, 1.165) is 40.9 Å². The first kappa shape index (κ1) is 22.6. The fourth-order valence-electron chi connectivity index (χ4n) is 3.62. The highest BCUT2D eigenvalue weighted by atomic mass is 32.2. The number of H-pyrrole nitrogens is 1. The topological polar surface area (TPSA) is 83.9 Å². The number of nitrogens with zero attached hydrogens (tertiary/aromatic N) is 4. The van der Waals surface area contributed by atoms with Crippen LogP contribution in [-0.2, 0) is 28.7 Å². The van der Waals surface area contributed by atoms with E-state index in [1.165, 1.54) is 24.0 Å². The van der Waals surface area contributed by atoms with Gasteiger partial charge in [-0.2, -0.15) is 0 Å². The monoisotopic (exact) mass is 469 g/mol. The lowest BCUT2D eigenvalue weighted by Gasteiger charge is -2.11. The highest BCUT2D eigenvalue weighted by Gasteiger charge is 2.20. The molecule has 0 atom stereocenters. The molecule has 0 radical (unpaired) electrons. The summed E-state index contributed by atoms with van der Waals surface area (Å²) in [5.41, 5.74) is 4.96. The van der Waals surface area contributed by atoms with Crippen LogP contribution in [0.1, 0.15) is 29.7 Å². The first-order valence-electron chi connectivity index (χ1n) is 10.4. The summed E-state index contributed by atoms with van der Waals surface area (Å²) in [5.74, 6) is 1.53. The Bertz CT molecular complexity index is 1340. The molecule has 0 fully saturated rings. The number of imidazole rings is 2. The average molecular weight is 470 g/mol. The van der Waals surface area contributed by atoms with Gasteiger partial charge in [0.25, 0.3) is 0 Å². The lowest BCUT2D eigenvalue weighted by atomic mass is 10.1. The van der Waals surface area contributed by atoms with Crippen LogP contribution in [0.5, 0.6) is 0 Å². The fourth-order valence-corrected chi connectivity index (χ4v) is 5.43. The molecule has 0 saturated heterocycles. The zero-order chi connectivity index (χ0) is 22.9. The van der Waals surface area contributed by atoms with Crippen molar-refractivity contribution in [2.24, 2.45) is 0 Å². The number of hydrogen-bond donors (Lipinski definition) is 1. The Morgan fingerprint density at radius 1 is 1.09 bits per heavy atom. The number of fused-ring (bicyclic) bond motifs is 1. The maximum Gasteiger partial charge on any atom is 0.242 e. The van der Waals surface area contributed by atoms with Crippen molar-refractivity contribution in [2.45, 2.75) is 42.6 Å². The second-order valence-electron chi connectivity index (χ2n) is 7.77. The predicted octanol–water partition coefficient (Wildman–Crippen LogP) is 4.22. The van der Waals surface area contributed by atoms with Crippen LogP contribution in [0.2, 0.25) is 0 Å². The summed E-state index contributed by atoms with van der Waals surface area (Å²) in [6.07, 6.45) is 0.792. The van der Waals surface area contributed by atoms with Crippen LogP contribution in [0, 0.1) is 6.92 Å². The van der Waals surface area contributed by atoms with E-state index in [2.05, 4.69) is 28.6 Å². The molecule has 4 aromatic rings. The van der Waals surface area contributed by atoms with E-state index in [4.69, 9.17) is 9.97 Å². The number of thioether (sulfide) groups is 1. The Kier molecular flexibility index (Phi) is 6.41. The molecule has 2 aromatic heterocycles. The van der Waals surface area contributed by atoms with Gasteiger partial charge in [-0.15, -0.1) is 0 Å². The zero-order valence-corrected chi connectivity index (χ0v) is 20.3. The normalized spacial score (nSPS) is 12.2. The number of hydrogen-bond acceptors (Lipinski definition) is 5. The van der Waals surface area contributed by atoms with Crippen LogP contribution in [-0.4, -0.2) is 46.3 Å². The summed E-state index contributed by atoms with van der Waals surface area (Å²) in [5, 5.41) is 0.860. The highest BCUT2D eigenvalue weighted by Crippen LogP contribution is 2.27. The van der Waals surface area contributed by atoms with E-state index in [9.17, 15) is 8.42 Å². The number of sulfonamides is 1. The average Bonchev–Trinajstić information content (AvgIpc) is 3.31. The molecule has 4 rings (SSSR count). The molecule has 9 heteroatoms. The molecule has 0 bridgehead atoms. The van der Waals surface area contributed by atoms with Gasteiger partial charge in [-0.25, -0.2) is 22.7 Å². The lowest BCUT2D eigenvalue weighted by Crippen LogP contribution is -2.22. The molecule has 0 unspecified atom stereocenters. The van der Waals surface area contributed by atoms with Gasteiger partial charge in [-0.3, -0.25) is 0 Å². The Labute approximate surface area is 192 Å². The Morgan fingerprint density at radius 3 is 2.53 bits per heavy atom. The third-order valence-corrected chi connectivity index (χ3v) is 8.09. The SMILES string of the molecule is CCn1c(CSc2nc(Cc3ccccc3)c(C)[nH]2)nc2cc(S(=O)(=O)N(C)C)ccc21. The van der Waals surface area contributed by atoms with Crippen LogP contribution in [0.3, 0.4) is 0 Å². The number of aryl methyl sites for hydroxylation is 2. The highest BCUT2D eigenvalue weighted by molar-refractivity contribution is 7.98. The second-order valence-corrected chi connectivity index (χ2v) is 10.9. The molecule has 0 saturated carbocycles. The molecule has 2 aromatic carbocycles. The van der Waals surface area contributed by atoms with Gasteiger partial charge in [-0.1, -0.05) is 42.1 Å². The number of nitrogens with one attached hydrogen (secondary N) is 1. The van der Waals surface area contributed by atoms with Crippen molar-refractivity contribution in [3.05, 3.63) is 71.3 Å². The van der Waals surface area contributed by atoms with Crippen molar-refractivity contribution in [3.8, 4) is 0 Å². The number of rotatable bonds is 8. The van der Waals surface area contributed by atoms with E-state index in [1.54, 1.807) is 23.9 Å². The maximum absolute atomic E-state index is 12.5. The quantitative estimate of drug-likeness (QED) is 0.391. The lowest BCUT2D eigenvalue weighted by molar-refractivity contribution is 0.521. The van der Waals surface area contributed by atoms with E-state index < -0.39 is 10.0 Å². The smallest absolute Gasteiger partial charge is 0.242 e. The van der Waals surface area contributed by atoms with Gasteiger partial charge < -0.3 is 9.55 Å². The summed E-state index contributed by atoms with van der Waals surface area (Å²) in [7, 11) is -0.435. The first-order valence-corrected chi connectivity index (χ1v) is 12.9. The fraction of sp³-hybridized carbons (Fsp3) is 0.304. The number of aromatic amines is 1. The predicted molar refractivity (Wildman–Crippen MR) is 128 cm³/mol. The van der Waals surface area contributed by atoms with Crippen LogP contribution in [0.15, 0.2) is 58.6 Å². The molecule has 0 aliphatic heterocycles. The molecule has 32 heavy (non-hydrogen) atoms. The summed E-state index contributed by atoms with van der Waals surface area (Å²) < 4.78 is 28.3. The van der Waals surface area contributed by atoms with Crippen LogP contribution in [0.25, 0.3) is 11.0 Å². The van der Waals surface area contributed by atoms with E-state index >= 15 is 0 Å². The van der Waals surface area contributed by atoms with Gasteiger partial charge in [-0.05, 0) is 37.6 Å². The van der Waals surface area contributed by atoms with E-state index in [0.29, 0.717) is 11.3 Å². The van der Waals surface area contributed by atoms with Crippen LogP contribution < -0.4 is 0 Å². The van der Waals surface area contributed by atoms with Crippen molar-refractivity contribution in [1.82, 2.24) is 23.8 Å². The molecule has 0 aliphatic carbocycles. The molecular weight excluding hydrogens is 442 g/mol. The molecule has 2 heterocycles. The summed E-state index contributed by atoms with van der Waals surface area (Å²) in [6.45, 7) is 4.86. The summed E-state index contributed by atoms with van der Waals surface area (Å²) in [6, 6.07) is 15.4. The van der Waals surface area contributed by atoms with E-state index in [1.807, 2.05) is 31.2 Å². The third-order valence-electron chi connectivity index (χ3n) is 5.41. The van der Waals surface area contributed by atoms with Gasteiger partial charge in [0, 0.05) is 32.8 Å². The van der Waals surface area contributed by atoms with Crippen LogP contribution in [0.4, 0.5) is 0 Å². The minimum absolute atomic E-state index is 0.252. The van der Waals surface area contributed by atoms with Crippen LogP contribution >= 0.6 is 11.8 Å². The molecular formula is C23H27N5O2S2. The van der Waals surface area contributed by atoms with Crippen molar-refractivity contribution in [2.75, 3.05) is 14.1 Å². The minimum atomic E-state index is -3.50. The molecule has 0 aliphatic rings. The van der Waals surface area contributed by atoms with Crippen molar-refractivity contribution < 1.29 is 8.42 Å². The standard InChI is InChI=1S/C23H27N5O2S2/c1-5-28-21-12-11-18(32(29,30)27(3)4)14-20(21)25-22(28)15-31-23-24-16(2)19(26-23)13-17-9-7-6-8-10-17/h6-12,14H,5,13,15H2,1-4H3,(H,24,26). The summed E-state index contributed by atoms with van der Waals surface area (Å²) >= 11 is 1.60. The molecule has 0 spiro atoms. The van der Waals surface area contributed by atoms with Gasteiger partial charge >= 0.3 is 0 Å². The van der Waals surface area contributed by atoms with Gasteiger partial charge in [0.15, 0.2) is 5.16 Å². The molecule has 168 valence electrons. The summed E-state index contributed by atoms with van der Waals surface area (Å²) in [4.78, 5) is 13.2. The number of benzene rings is 2. The maximum atomic E-state index is 12.5. The largest absolute Gasteiger partial charge is 0.337 e.